The molecule has 35 heavy (non-hydrogen) atoms. The summed E-state index contributed by atoms with van der Waals surface area (Å²) in [5.74, 6) is -1.89. The monoisotopic (exact) mass is 476 g/mol. The molecule has 2 atom stereocenters. The van der Waals surface area contributed by atoms with Crippen LogP contribution < -0.4 is 9.64 Å². The lowest BCUT2D eigenvalue weighted by Crippen LogP contribution is -2.53. The van der Waals surface area contributed by atoms with Gasteiger partial charge in [-0.05, 0) is 57.0 Å². The molecule has 1 spiro atoms. The molecule has 0 bridgehead atoms. The average Bonchev–Trinajstić information content (AvgIpc) is 3.53. The lowest BCUT2D eigenvalue weighted by atomic mass is 9.81. The number of amides is 2. The van der Waals surface area contributed by atoms with Crippen LogP contribution in [0.1, 0.15) is 37.8 Å². The van der Waals surface area contributed by atoms with E-state index in [2.05, 4.69) is 0 Å². The summed E-state index contributed by atoms with van der Waals surface area (Å²) >= 11 is 0. The van der Waals surface area contributed by atoms with Gasteiger partial charge in [-0.1, -0.05) is 18.2 Å². The van der Waals surface area contributed by atoms with Crippen LogP contribution in [0.15, 0.2) is 54.1 Å². The van der Waals surface area contributed by atoms with Gasteiger partial charge in [-0.25, -0.2) is 0 Å². The Morgan fingerprint density at radius 1 is 1.11 bits per heavy atom. The van der Waals surface area contributed by atoms with Gasteiger partial charge in [0.25, 0.3) is 17.6 Å². The summed E-state index contributed by atoms with van der Waals surface area (Å²) in [5, 5.41) is 11.5. The molecule has 2 saturated heterocycles. The highest BCUT2D eigenvalue weighted by Gasteiger charge is 2.67. The molecule has 0 aliphatic carbocycles. The number of aliphatic hydroxyl groups excluding tert-OH is 1. The SMILES string of the molecule is CCOc1ccc(C(O)=C2C(=O)C(=O)N(C[C@H]3CCCO3)[C@@]23C(=O)N(CC)c2ccccc23)cc1. The standard InChI is InChI=1S/C27H28N2O6/c1-3-28-21-10-6-5-9-20(21)27(26(28)33)22(23(30)17-11-13-18(14-12-17)34-4-2)24(31)25(32)29(27)16-19-8-7-15-35-19/h5-6,9-14,19,30H,3-4,7-8,15-16H2,1-2H3/t19-,27-/m1/s1. The van der Waals surface area contributed by atoms with E-state index in [4.69, 9.17) is 9.47 Å². The van der Waals surface area contributed by atoms with E-state index in [0.717, 1.165) is 12.8 Å². The molecule has 0 aromatic heterocycles. The van der Waals surface area contributed by atoms with Gasteiger partial charge in [0.2, 0.25) is 0 Å². The van der Waals surface area contributed by atoms with Crippen molar-refractivity contribution >= 4 is 29.0 Å². The molecule has 5 rings (SSSR count). The number of carbonyl (C=O) groups excluding carboxylic acids is 3. The van der Waals surface area contributed by atoms with E-state index in [9.17, 15) is 19.5 Å². The number of carbonyl (C=O) groups is 3. The van der Waals surface area contributed by atoms with Crippen molar-refractivity contribution in [1.82, 2.24) is 4.90 Å². The van der Waals surface area contributed by atoms with E-state index in [1.165, 1.54) is 4.90 Å². The molecule has 8 nitrogen and oxygen atoms in total. The second-order valence-electron chi connectivity index (χ2n) is 8.84. The van der Waals surface area contributed by atoms with Gasteiger partial charge in [-0.15, -0.1) is 0 Å². The van der Waals surface area contributed by atoms with Crippen molar-refractivity contribution in [3.05, 3.63) is 65.2 Å². The number of likely N-dealkylation sites (tertiary alicyclic amines) is 1. The summed E-state index contributed by atoms with van der Waals surface area (Å²) in [5.41, 5.74) is -0.510. The Morgan fingerprint density at radius 2 is 1.86 bits per heavy atom. The third-order valence-electron chi connectivity index (χ3n) is 6.97. The first kappa shape index (κ1) is 23.1. The van der Waals surface area contributed by atoms with Crippen LogP contribution in [0, 0.1) is 0 Å². The van der Waals surface area contributed by atoms with Gasteiger partial charge < -0.3 is 24.4 Å². The Labute approximate surface area is 203 Å². The number of hydrogen-bond acceptors (Lipinski definition) is 6. The Hall–Kier alpha value is -3.65. The van der Waals surface area contributed by atoms with E-state index < -0.39 is 23.1 Å². The molecule has 8 heteroatoms. The second kappa shape index (κ2) is 8.85. The molecular weight excluding hydrogens is 448 g/mol. The fourth-order valence-electron chi connectivity index (χ4n) is 5.44. The first-order chi connectivity index (χ1) is 16.9. The predicted octanol–water partition coefficient (Wildman–Crippen LogP) is 3.21. The van der Waals surface area contributed by atoms with Gasteiger partial charge >= 0.3 is 0 Å². The highest BCUT2D eigenvalue weighted by atomic mass is 16.5. The molecule has 2 fully saturated rings. The summed E-state index contributed by atoms with van der Waals surface area (Å²) in [7, 11) is 0. The number of nitrogens with zero attached hydrogens (tertiary/aromatic N) is 2. The van der Waals surface area contributed by atoms with Gasteiger partial charge in [-0.3, -0.25) is 14.4 Å². The topological polar surface area (TPSA) is 96.4 Å². The number of benzene rings is 2. The van der Waals surface area contributed by atoms with E-state index in [-0.39, 0.29) is 24.0 Å². The Balaban J connectivity index is 1.74. The van der Waals surface area contributed by atoms with Crippen molar-refractivity contribution in [2.75, 3.05) is 31.2 Å². The number of rotatable bonds is 6. The van der Waals surface area contributed by atoms with Gasteiger partial charge in [0.1, 0.15) is 11.5 Å². The first-order valence-corrected chi connectivity index (χ1v) is 12.0. The number of para-hydroxylation sites is 1. The summed E-state index contributed by atoms with van der Waals surface area (Å²) in [4.78, 5) is 44.1. The highest BCUT2D eigenvalue weighted by molar-refractivity contribution is 6.50. The van der Waals surface area contributed by atoms with Crippen LogP contribution in [0.5, 0.6) is 5.75 Å². The number of likely N-dealkylation sites (N-methyl/N-ethyl adjacent to an activating group) is 1. The van der Waals surface area contributed by atoms with Crippen LogP contribution in [0.2, 0.25) is 0 Å². The Morgan fingerprint density at radius 3 is 2.51 bits per heavy atom. The molecule has 3 heterocycles. The minimum Gasteiger partial charge on any atom is -0.507 e. The lowest BCUT2D eigenvalue weighted by molar-refractivity contribution is -0.145. The molecule has 182 valence electrons. The van der Waals surface area contributed by atoms with E-state index in [1.54, 1.807) is 47.4 Å². The highest BCUT2D eigenvalue weighted by Crippen LogP contribution is 2.53. The molecule has 0 radical (unpaired) electrons. The molecule has 2 aromatic carbocycles. The lowest BCUT2D eigenvalue weighted by Gasteiger charge is -2.35. The number of ether oxygens (including phenoxy) is 2. The van der Waals surface area contributed by atoms with Crippen molar-refractivity contribution in [3.8, 4) is 5.75 Å². The van der Waals surface area contributed by atoms with Gasteiger partial charge in [0, 0.05) is 30.8 Å². The predicted molar refractivity (Wildman–Crippen MR) is 129 cm³/mol. The maximum atomic E-state index is 14.2. The van der Waals surface area contributed by atoms with Crippen LogP contribution in [-0.2, 0) is 24.7 Å². The fraction of sp³-hybridized carbons (Fsp3) is 0.370. The molecule has 3 aliphatic heterocycles. The van der Waals surface area contributed by atoms with Crippen LogP contribution >= 0.6 is 0 Å². The number of ketones is 1. The molecule has 2 aromatic rings. The number of anilines is 1. The van der Waals surface area contributed by atoms with Crippen LogP contribution in [-0.4, -0.2) is 60.0 Å². The van der Waals surface area contributed by atoms with Crippen molar-refractivity contribution < 1.29 is 29.0 Å². The minimum atomic E-state index is -1.75. The Kier molecular flexibility index (Phi) is 5.84. The first-order valence-electron chi connectivity index (χ1n) is 12.0. The Bertz CT molecular complexity index is 1210. The third-order valence-corrected chi connectivity index (χ3v) is 6.97. The van der Waals surface area contributed by atoms with Crippen LogP contribution in [0.3, 0.4) is 0 Å². The number of hydrogen-bond donors (Lipinski definition) is 1. The van der Waals surface area contributed by atoms with Crippen molar-refractivity contribution in [1.29, 1.82) is 0 Å². The third kappa shape index (κ3) is 3.35. The molecule has 2 amide bonds. The maximum absolute atomic E-state index is 14.2. The summed E-state index contributed by atoms with van der Waals surface area (Å²) in [6.45, 7) is 5.20. The summed E-state index contributed by atoms with van der Waals surface area (Å²) in [6, 6.07) is 13.7. The quantitative estimate of drug-likeness (QED) is 0.391. The van der Waals surface area contributed by atoms with E-state index in [0.29, 0.717) is 42.3 Å². The zero-order chi connectivity index (χ0) is 24.7. The zero-order valence-corrected chi connectivity index (χ0v) is 19.8. The number of aliphatic hydroxyl groups is 1. The smallest absolute Gasteiger partial charge is 0.296 e. The zero-order valence-electron chi connectivity index (χ0n) is 19.8. The minimum absolute atomic E-state index is 0.0856. The van der Waals surface area contributed by atoms with Crippen LogP contribution in [0.4, 0.5) is 5.69 Å². The summed E-state index contributed by atoms with van der Waals surface area (Å²) in [6.07, 6.45) is 1.29. The average molecular weight is 477 g/mol. The summed E-state index contributed by atoms with van der Waals surface area (Å²) < 4.78 is 11.3. The van der Waals surface area contributed by atoms with Crippen molar-refractivity contribution in [2.45, 2.75) is 38.3 Å². The number of fused-ring (bicyclic) bond motifs is 2. The van der Waals surface area contributed by atoms with Crippen molar-refractivity contribution in [3.63, 3.8) is 0 Å². The van der Waals surface area contributed by atoms with Crippen molar-refractivity contribution in [2.24, 2.45) is 0 Å². The maximum Gasteiger partial charge on any atom is 0.296 e. The molecule has 3 aliphatic rings. The molecule has 0 unspecified atom stereocenters. The largest absolute Gasteiger partial charge is 0.507 e. The molecule has 0 saturated carbocycles. The molecular formula is C27H28N2O6. The number of Topliss-reactive ketones (excluding diaryl/α,β-unsaturated/α-hetero) is 1. The van der Waals surface area contributed by atoms with E-state index >= 15 is 0 Å². The van der Waals surface area contributed by atoms with Gasteiger partial charge in [-0.2, -0.15) is 0 Å². The van der Waals surface area contributed by atoms with Gasteiger partial charge in [0.05, 0.1) is 24.0 Å². The second-order valence-corrected chi connectivity index (χ2v) is 8.84. The molecule has 1 N–H and O–H groups in total. The van der Waals surface area contributed by atoms with E-state index in [1.807, 2.05) is 19.9 Å². The van der Waals surface area contributed by atoms with Gasteiger partial charge in [0.15, 0.2) is 5.54 Å². The fourth-order valence-corrected chi connectivity index (χ4v) is 5.44. The van der Waals surface area contributed by atoms with Crippen LogP contribution in [0.25, 0.3) is 5.76 Å². The normalized spacial score (nSPS) is 25.1.